The zero-order valence-electron chi connectivity index (χ0n) is 12.4. The third-order valence-electron chi connectivity index (χ3n) is 3.75. The SMILES string of the molecule is CCN1CCCC(=O)N1Cc1cccc(CCC(=O)O)c1. The lowest BCUT2D eigenvalue weighted by Crippen LogP contribution is -2.49. The number of benzene rings is 1. The van der Waals surface area contributed by atoms with Gasteiger partial charge >= 0.3 is 5.97 Å². The van der Waals surface area contributed by atoms with Crippen molar-refractivity contribution in [3.05, 3.63) is 35.4 Å². The van der Waals surface area contributed by atoms with Crippen LogP contribution >= 0.6 is 0 Å². The first-order valence-corrected chi connectivity index (χ1v) is 7.45. The lowest BCUT2D eigenvalue weighted by atomic mass is 10.1. The van der Waals surface area contributed by atoms with Crippen LogP contribution in [0.5, 0.6) is 0 Å². The molecule has 0 atom stereocenters. The Kier molecular flexibility index (Phi) is 5.33. The summed E-state index contributed by atoms with van der Waals surface area (Å²) in [6.07, 6.45) is 2.18. The van der Waals surface area contributed by atoms with Gasteiger partial charge in [0.2, 0.25) is 5.91 Å². The number of aliphatic carboxylic acids is 1. The lowest BCUT2D eigenvalue weighted by Gasteiger charge is -2.38. The van der Waals surface area contributed by atoms with Crippen molar-refractivity contribution in [3.8, 4) is 0 Å². The second-order valence-electron chi connectivity index (χ2n) is 5.31. The number of hydrogen-bond donors (Lipinski definition) is 1. The Balaban J connectivity index is 2.05. The predicted molar refractivity (Wildman–Crippen MR) is 79.4 cm³/mol. The smallest absolute Gasteiger partial charge is 0.303 e. The molecule has 1 amide bonds. The minimum Gasteiger partial charge on any atom is -0.481 e. The van der Waals surface area contributed by atoms with Gasteiger partial charge < -0.3 is 5.11 Å². The second-order valence-corrected chi connectivity index (χ2v) is 5.31. The van der Waals surface area contributed by atoms with Crippen LogP contribution in [0.3, 0.4) is 0 Å². The Hall–Kier alpha value is -1.88. The number of carboxylic acid groups (broad SMARTS) is 1. The van der Waals surface area contributed by atoms with Gasteiger partial charge in [-0.2, -0.15) is 0 Å². The largest absolute Gasteiger partial charge is 0.481 e. The summed E-state index contributed by atoms with van der Waals surface area (Å²) in [5.41, 5.74) is 2.05. The highest BCUT2D eigenvalue weighted by Crippen LogP contribution is 2.17. The maximum atomic E-state index is 12.1. The number of rotatable bonds is 6. The van der Waals surface area contributed by atoms with Gasteiger partial charge in [-0.05, 0) is 24.0 Å². The van der Waals surface area contributed by atoms with Crippen molar-refractivity contribution in [2.24, 2.45) is 0 Å². The van der Waals surface area contributed by atoms with Crippen LogP contribution in [-0.4, -0.2) is 40.1 Å². The summed E-state index contributed by atoms with van der Waals surface area (Å²) in [5, 5.41) is 12.6. The van der Waals surface area contributed by atoms with E-state index in [1.54, 1.807) is 0 Å². The van der Waals surface area contributed by atoms with E-state index in [0.29, 0.717) is 19.4 Å². The van der Waals surface area contributed by atoms with Crippen molar-refractivity contribution < 1.29 is 14.7 Å². The van der Waals surface area contributed by atoms with Crippen molar-refractivity contribution >= 4 is 11.9 Å². The molecule has 0 bridgehead atoms. The fourth-order valence-electron chi connectivity index (χ4n) is 2.65. The lowest BCUT2D eigenvalue weighted by molar-refractivity contribution is -0.156. The van der Waals surface area contributed by atoms with E-state index >= 15 is 0 Å². The standard InChI is InChI=1S/C16H22N2O3/c1-2-17-10-4-7-15(19)18(17)12-14-6-3-5-13(11-14)8-9-16(20)21/h3,5-6,11H,2,4,7-10,12H2,1H3,(H,20,21). The normalized spacial score (nSPS) is 16.2. The molecule has 1 fully saturated rings. The van der Waals surface area contributed by atoms with E-state index < -0.39 is 5.97 Å². The molecule has 1 N–H and O–H groups in total. The number of carboxylic acids is 1. The summed E-state index contributed by atoms with van der Waals surface area (Å²) in [4.78, 5) is 22.7. The zero-order chi connectivity index (χ0) is 15.2. The highest BCUT2D eigenvalue weighted by molar-refractivity contribution is 5.76. The molecule has 114 valence electrons. The van der Waals surface area contributed by atoms with Crippen LogP contribution in [0.4, 0.5) is 0 Å². The number of hydrogen-bond acceptors (Lipinski definition) is 3. The van der Waals surface area contributed by atoms with Gasteiger partial charge in [0, 0.05) is 25.9 Å². The molecule has 1 aliphatic rings. The molecule has 0 aromatic heterocycles. The van der Waals surface area contributed by atoms with Gasteiger partial charge in [-0.3, -0.25) is 14.6 Å². The van der Waals surface area contributed by atoms with E-state index in [4.69, 9.17) is 5.11 Å². The molecule has 1 aliphatic heterocycles. The Morgan fingerprint density at radius 2 is 2.10 bits per heavy atom. The van der Waals surface area contributed by atoms with E-state index in [0.717, 1.165) is 30.6 Å². The van der Waals surface area contributed by atoms with Crippen LogP contribution in [0.1, 0.15) is 37.3 Å². The number of amides is 1. The molecule has 1 aromatic rings. The first-order valence-electron chi connectivity index (χ1n) is 7.45. The Morgan fingerprint density at radius 1 is 1.33 bits per heavy atom. The number of nitrogens with zero attached hydrogens (tertiary/aromatic N) is 2. The molecule has 0 saturated carbocycles. The van der Waals surface area contributed by atoms with E-state index in [9.17, 15) is 9.59 Å². The van der Waals surface area contributed by atoms with Gasteiger partial charge in [-0.15, -0.1) is 0 Å². The van der Waals surface area contributed by atoms with Crippen LogP contribution in [0.15, 0.2) is 24.3 Å². The molecule has 0 radical (unpaired) electrons. The van der Waals surface area contributed by atoms with Crippen LogP contribution in [0.25, 0.3) is 0 Å². The zero-order valence-corrected chi connectivity index (χ0v) is 12.4. The molecule has 1 aromatic carbocycles. The van der Waals surface area contributed by atoms with E-state index in [2.05, 4.69) is 11.9 Å². The fourth-order valence-corrected chi connectivity index (χ4v) is 2.65. The molecule has 5 heteroatoms. The van der Waals surface area contributed by atoms with Crippen LogP contribution in [-0.2, 0) is 22.6 Å². The topological polar surface area (TPSA) is 60.9 Å². The third kappa shape index (κ3) is 4.29. The van der Waals surface area contributed by atoms with E-state index in [1.807, 2.05) is 29.3 Å². The number of hydrazine groups is 1. The summed E-state index contributed by atoms with van der Waals surface area (Å²) in [7, 11) is 0. The number of carbonyl (C=O) groups excluding carboxylic acids is 1. The third-order valence-corrected chi connectivity index (χ3v) is 3.75. The van der Waals surface area contributed by atoms with Gasteiger partial charge in [0.1, 0.15) is 0 Å². The quantitative estimate of drug-likeness (QED) is 0.871. The van der Waals surface area contributed by atoms with Gasteiger partial charge in [-0.25, -0.2) is 5.01 Å². The average Bonchev–Trinajstić information content (AvgIpc) is 2.47. The minimum absolute atomic E-state index is 0.132. The van der Waals surface area contributed by atoms with E-state index in [1.165, 1.54) is 0 Å². The number of carbonyl (C=O) groups is 2. The number of aryl methyl sites for hydroxylation is 1. The van der Waals surface area contributed by atoms with Crippen molar-refractivity contribution in [2.45, 2.75) is 39.2 Å². The highest BCUT2D eigenvalue weighted by Gasteiger charge is 2.24. The van der Waals surface area contributed by atoms with Gasteiger partial charge in [0.15, 0.2) is 0 Å². The maximum absolute atomic E-state index is 12.1. The molecular formula is C16H22N2O3. The molecule has 0 aliphatic carbocycles. The Bertz CT molecular complexity index is 516. The van der Waals surface area contributed by atoms with Gasteiger partial charge in [0.25, 0.3) is 0 Å². The van der Waals surface area contributed by atoms with E-state index in [-0.39, 0.29) is 12.3 Å². The molecule has 0 unspecified atom stereocenters. The molecular weight excluding hydrogens is 268 g/mol. The molecule has 2 rings (SSSR count). The predicted octanol–water partition coefficient (Wildman–Crippen LogP) is 2.06. The van der Waals surface area contributed by atoms with Crippen molar-refractivity contribution in [2.75, 3.05) is 13.1 Å². The summed E-state index contributed by atoms with van der Waals surface area (Å²) in [5.74, 6) is -0.622. The average molecular weight is 290 g/mol. The minimum atomic E-state index is -0.788. The van der Waals surface area contributed by atoms with Crippen molar-refractivity contribution in [1.29, 1.82) is 0 Å². The van der Waals surface area contributed by atoms with Crippen molar-refractivity contribution in [3.63, 3.8) is 0 Å². The summed E-state index contributed by atoms with van der Waals surface area (Å²) < 4.78 is 0. The van der Waals surface area contributed by atoms with Gasteiger partial charge in [0.05, 0.1) is 6.54 Å². The molecule has 0 spiro atoms. The summed E-state index contributed by atoms with van der Waals surface area (Å²) in [6, 6.07) is 7.85. The maximum Gasteiger partial charge on any atom is 0.303 e. The monoisotopic (exact) mass is 290 g/mol. The van der Waals surface area contributed by atoms with Gasteiger partial charge in [-0.1, -0.05) is 31.2 Å². The highest BCUT2D eigenvalue weighted by atomic mass is 16.4. The summed E-state index contributed by atoms with van der Waals surface area (Å²) >= 11 is 0. The van der Waals surface area contributed by atoms with Crippen LogP contribution in [0, 0.1) is 0 Å². The Labute approximate surface area is 125 Å². The van der Waals surface area contributed by atoms with Crippen LogP contribution in [0.2, 0.25) is 0 Å². The first kappa shape index (κ1) is 15.5. The van der Waals surface area contributed by atoms with Crippen LogP contribution < -0.4 is 0 Å². The molecule has 5 nitrogen and oxygen atoms in total. The first-order chi connectivity index (χ1) is 10.1. The Morgan fingerprint density at radius 3 is 2.81 bits per heavy atom. The fraction of sp³-hybridized carbons (Fsp3) is 0.500. The van der Waals surface area contributed by atoms with Crippen molar-refractivity contribution in [1.82, 2.24) is 10.0 Å². The molecule has 1 saturated heterocycles. The molecule has 21 heavy (non-hydrogen) atoms. The molecule has 1 heterocycles. The second kappa shape index (κ2) is 7.22. The summed E-state index contributed by atoms with van der Waals surface area (Å²) in [6.45, 7) is 4.36.